The normalized spacial score (nSPS) is 12.8. The van der Waals surface area contributed by atoms with Gasteiger partial charge in [0, 0.05) is 47.7 Å². The molecule has 0 aliphatic rings. The summed E-state index contributed by atoms with van der Waals surface area (Å²) >= 11 is 0. The average Bonchev–Trinajstić information content (AvgIpc) is 3.13. The number of hydrogen-bond donors (Lipinski definition) is 3. The molecule has 0 unspecified atom stereocenters. The topological polar surface area (TPSA) is 108 Å². The highest BCUT2D eigenvalue weighted by Crippen LogP contribution is 2.30. The molecule has 7 nitrogen and oxygen atoms in total. The van der Waals surface area contributed by atoms with E-state index in [1.165, 1.54) is 18.5 Å². The summed E-state index contributed by atoms with van der Waals surface area (Å²) in [6.45, 7) is 3.50. The Morgan fingerprint density at radius 2 is 1.94 bits per heavy atom. The summed E-state index contributed by atoms with van der Waals surface area (Å²) in [5, 5.41) is 12.8. The molecule has 0 aliphatic carbocycles. The van der Waals surface area contributed by atoms with Crippen LogP contribution in [0.2, 0.25) is 0 Å². The van der Waals surface area contributed by atoms with E-state index in [9.17, 15) is 27.9 Å². The van der Waals surface area contributed by atoms with Crippen molar-refractivity contribution in [3.63, 3.8) is 0 Å². The zero-order valence-electron chi connectivity index (χ0n) is 16.8. The molecule has 1 atom stereocenters. The number of alkyl halides is 3. The Hall–Kier alpha value is -3.43. The van der Waals surface area contributed by atoms with E-state index >= 15 is 0 Å². The number of ketones is 1. The number of aromatic carboxylic acids is 1. The van der Waals surface area contributed by atoms with E-state index in [4.69, 9.17) is 0 Å². The number of nitrogens with zero attached hydrogens (tertiary/aromatic N) is 2. The van der Waals surface area contributed by atoms with Crippen molar-refractivity contribution in [1.29, 1.82) is 0 Å². The number of carbonyl (C=O) groups excluding carboxylic acids is 1. The molecule has 0 saturated carbocycles. The van der Waals surface area contributed by atoms with Gasteiger partial charge in [-0.2, -0.15) is 13.2 Å². The second-order valence-corrected chi connectivity index (χ2v) is 7.54. The lowest BCUT2D eigenvalue weighted by Crippen LogP contribution is -2.35. The van der Waals surface area contributed by atoms with Crippen molar-refractivity contribution in [3.05, 3.63) is 42.5 Å². The van der Waals surface area contributed by atoms with Gasteiger partial charge in [-0.25, -0.2) is 9.78 Å². The molecular formula is C21H21F3N4O3. The second kappa shape index (κ2) is 8.75. The summed E-state index contributed by atoms with van der Waals surface area (Å²) in [6, 6.07) is 2.39. The van der Waals surface area contributed by atoms with E-state index in [0.717, 1.165) is 0 Å². The van der Waals surface area contributed by atoms with Crippen LogP contribution in [0.5, 0.6) is 0 Å². The number of fused-ring (bicyclic) bond motifs is 1. The third-order valence-electron chi connectivity index (χ3n) is 4.82. The number of Topliss-reactive ketones (excluding diaryl/α,β-unsaturated/α-hetero) is 1. The van der Waals surface area contributed by atoms with Gasteiger partial charge in [0.15, 0.2) is 5.78 Å². The molecule has 3 heterocycles. The SMILES string of the molecule is CC(C)[C@@H](Nc1cncc(-c2c[nH]c3ncc(C(=O)O)cc23)c1)C(=O)CCC(F)(F)F. The average molecular weight is 434 g/mol. The molecular weight excluding hydrogens is 413 g/mol. The molecule has 3 aromatic rings. The second-order valence-electron chi connectivity index (χ2n) is 7.54. The maximum atomic E-state index is 12.5. The maximum absolute atomic E-state index is 12.5. The molecule has 0 amide bonds. The number of H-pyrrole nitrogens is 1. The molecule has 3 aromatic heterocycles. The van der Waals surface area contributed by atoms with Crippen LogP contribution in [0.15, 0.2) is 36.9 Å². The van der Waals surface area contributed by atoms with Gasteiger partial charge in [-0.1, -0.05) is 13.8 Å². The molecule has 0 spiro atoms. The summed E-state index contributed by atoms with van der Waals surface area (Å²) < 4.78 is 37.5. The largest absolute Gasteiger partial charge is 0.478 e. The van der Waals surface area contributed by atoms with Crippen molar-refractivity contribution in [2.75, 3.05) is 5.32 Å². The summed E-state index contributed by atoms with van der Waals surface area (Å²) in [4.78, 5) is 34.9. The zero-order chi connectivity index (χ0) is 22.8. The van der Waals surface area contributed by atoms with Crippen molar-refractivity contribution >= 4 is 28.5 Å². The first kappa shape index (κ1) is 22.3. The van der Waals surface area contributed by atoms with E-state index in [0.29, 0.717) is 27.8 Å². The van der Waals surface area contributed by atoms with Gasteiger partial charge < -0.3 is 15.4 Å². The molecule has 3 N–H and O–H groups in total. The third-order valence-corrected chi connectivity index (χ3v) is 4.82. The number of carboxylic acid groups (broad SMARTS) is 1. The minimum Gasteiger partial charge on any atom is -0.478 e. The number of aromatic nitrogens is 3. The van der Waals surface area contributed by atoms with E-state index < -0.39 is 36.8 Å². The van der Waals surface area contributed by atoms with Crippen molar-refractivity contribution in [2.45, 2.75) is 38.9 Å². The Kier molecular flexibility index (Phi) is 6.28. The number of halogens is 3. The van der Waals surface area contributed by atoms with Gasteiger partial charge >= 0.3 is 12.1 Å². The van der Waals surface area contributed by atoms with Crippen molar-refractivity contribution in [2.24, 2.45) is 5.92 Å². The Morgan fingerprint density at radius 1 is 1.19 bits per heavy atom. The van der Waals surface area contributed by atoms with Gasteiger partial charge in [0.1, 0.15) is 5.65 Å². The minimum absolute atomic E-state index is 0.0331. The fraction of sp³-hybridized carbons (Fsp3) is 0.333. The van der Waals surface area contributed by atoms with Crippen LogP contribution in [0, 0.1) is 5.92 Å². The number of anilines is 1. The molecule has 0 radical (unpaired) electrons. The highest BCUT2D eigenvalue weighted by atomic mass is 19.4. The molecule has 0 aromatic carbocycles. The van der Waals surface area contributed by atoms with Gasteiger partial charge in [-0.15, -0.1) is 0 Å². The first-order chi connectivity index (χ1) is 14.5. The fourth-order valence-corrected chi connectivity index (χ4v) is 3.24. The van der Waals surface area contributed by atoms with Crippen LogP contribution < -0.4 is 5.32 Å². The minimum atomic E-state index is -4.39. The molecule has 0 bridgehead atoms. The van der Waals surface area contributed by atoms with Crippen LogP contribution in [0.1, 0.15) is 37.0 Å². The highest BCUT2D eigenvalue weighted by Gasteiger charge is 2.31. The lowest BCUT2D eigenvalue weighted by molar-refractivity contribution is -0.143. The van der Waals surface area contributed by atoms with Crippen molar-refractivity contribution in [3.8, 4) is 11.1 Å². The first-order valence-corrected chi connectivity index (χ1v) is 9.57. The molecule has 0 saturated heterocycles. The maximum Gasteiger partial charge on any atom is 0.389 e. The number of aromatic amines is 1. The van der Waals surface area contributed by atoms with E-state index in [-0.39, 0.29) is 11.5 Å². The molecule has 0 fully saturated rings. The summed E-state index contributed by atoms with van der Waals surface area (Å²) in [6.07, 6.45) is -0.194. The predicted octanol–water partition coefficient (Wildman–Crippen LogP) is 4.67. The molecule has 31 heavy (non-hydrogen) atoms. The molecule has 10 heteroatoms. The van der Waals surface area contributed by atoms with Crippen LogP contribution in [-0.2, 0) is 4.79 Å². The number of hydrogen-bond acceptors (Lipinski definition) is 5. The number of carboxylic acids is 1. The van der Waals surface area contributed by atoms with Crippen LogP contribution in [0.4, 0.5) is 18.9 Å². The summed E-state index contributed by atoms with van der Waals surface area (Å²) in [5.74, 6) is -1.87. The number of nitrogens with one attached hydrogen (secondary N) is 2. The van der Waals surface area contributed by atoms with Gasteiger partial charge in [-0.3, -0.25) is 9.78 Å². The lowest BCUT2D eigenvalue weighted by Gasteiger charge is -2.22. The van der Waals surface area contributed by atoms with Crippen LogP contribution >= 0.6 is 0 Å². The zero-order valence-corrected chi connectivity index (χ0v) is 16.8. The van der Waals surface area contributed by atoms with E-state index in [1.54, 1.807) is 32.3 Å². The van der Waals surface area contributed by atoms with Gasteiger partial charge in [0.05, 0.1) is 23.7 Å². The quantitative estimate of drug-likeness (QED) is 0.476. The third kappa shape index (κ3) is 5.39. The van der Waals surface area contributed by atoms with Crippen LogP contribution in [-0.4, -0.2) is 44.0 Å². The Balaban J connectivity index is 1.87. The van der Waals surface area contributed by atoms with E-state index in [1.807, 2.05) is 0 Å². The highest BCUT2D eigenvalue weighted by molar-refractivity contribution is 5.98. The van der Waals surface area contributed by atoms with E-state index in [2.05, 4.69) is 20.3 Å². The van der Waals surface area contributed by atoms with Crippen LogP contribution in [0.3, 0.4) is 0 Å². The van der Waals surface area contributed by atoms with Gasteiger partial charge in [0.2, 0.25) is 0 Å². The Morgan fingerprint density at radius 3 is 2.58 bits per heavy atom. The first-order valence-electron chi connectivity index (χ1n) is 9.57. The monoisotopic (exact) mass is 434 g/mol. The van der Waals surface area contributed by atoms with Gasteiger partial charge in [0.25, 0.3) is 0 Å². The summed E-state index contributed by atoms with van der Waals surface area (Å²) in [5.41, 5.74) is 2.29. The predicted molar refractivity (Wildman–Crippen MR) is 109 cm³/mol. The molecule has 164 valence electrons. The van der Waals surface area contributed by atoms with Gasteiger partial charge in [-0.05, 0) is 18.1 Å². The van der Waals surface area contributed by atoms with Crippen molar-refractivity contribution < 1.29 is 27.9 Å². The fourth-order valence-electron chi connectivity index (χ4n) is 3.24. The number of rotatable bonds is 8. The summed E-state index contributed by atoms with van der Waals surface area (Å²) in [7, 11) is 0. The Bertz CT molecular complexity index is 1110. The van der Waals surface area contributed by atoms with Crippen molar-refractivity contribution in [1.82, 2.24) is 15.0 Å². The smallest absolute Gasteiger partial charge is 0.389 e. The van der Waals surface area contributed by atoms with Crippen LogP contribution in [0.25, 0.3) is 22.2 Å². The lowest BCUT2D eigenvalue weighted by atomic mass is 9.96. The standard InChI is InChI=1S/C21H21F3N4O3/c1-11(2)18(17(29)3-4-21(22,23)24)28-14-5-12(7-25-9-14)16-10-27-19-15(16)6-13(8-26-19)20(30)31/h5-11,18,28H,3-4H2,1-2H3,(H,26,27)(H,30,31)/t18-/m1/s1. The number of pyridine rings is 2. The molecule has 0 aliphatic heterocycles. The Labute approximate surface area is 175 Å². The molecule has 3 rings (SSSR count). The number of carbonyl (C=O) groups is 2.